The number of hydrogen-bond donors (Lipinski definition) is 2. The summed E-state index contributed by atoms with van der Waals surface area (Å²) in [5, 5.41) is 2.91. The Morgan fingerprint density at radius 3 is 1.26 bits per heavy atom. The zero-order valence-electron chi connectivity index (χ0n) is 21.5. The van der Waals surface area contributed by atoms with Crippen LogP contribution in [0.15, 0.2) is 0 Å². The van der Waals surface area contributed by atoms with Crippen LogP contribution in [-0.4, -0.2) is 56.4 Å². The van der Waals surface area contributed by atoms with Crippen molar-refractivity contribution in [2.24, 2.45) is 23.3 Å². The summed E-state index contributed by atoms with van der Waals surface area (Å²) >= 11 is 5.18. The summed E-state index contributed by atoms with van der Waals surface area (Å²) < 4.78 is 11.5. The molecular weight excluding hydrogens is 456 g/mol. The van der Waals surface area contributed by atoms with Gasteiger partial charge in [-0.3, -0.25) is 4.79 Å². The molecule has 0 spiro atoms. The minimum atomic E-state index is -0.747. The summed E-state index contributed by atoms with van der Waals surface area (Å²) in [5.41, 5.74) is 9.89. The number of carbonyl (C=O) groups is 3. The number of nitrogens with two attached hydrogens (primary N) is 2. The molecule has 0 aromatic carbocycles. The summed E-state index contributed by atoms with van der Waals surface area (Å²) in [4.78, 5) is 39.2. The quantitative estimate of drug-likeness (QED) is 0.437. The third-order valence-corrected chi connectivity index (χ3v) is 6.62. The fraction of sp³-hybridized carbons (Fsp3) is 0.833. The lowest BCUT2D eigenvalue weighted by Gasteiger charge is -2.47. The maximum atomic E-state index is 13.5. The van der Waals surface area contributed by atoms with E-state index in [1.54, 1.807) is 41.5 Å². The molecule has 0 aromatic heterocycles. The number of ether oxygens (including phenoxy) is 2. The molecule has 0 saturated heterocycles. The lowest BCUT2D eigenvalue weighted by molar-refractivity contribution is -0.125. The molecule has 0 radical (unpaired) electrons. The first-order valence-electron chi connectivity index (χ1n) is 12.2. The molecule has 0 aromatic rings. The molecular formula is C24H42N4O5S. The minimum absolute atomic E-state index is 0.118. The van der Waals surface area contributed by atoms with Gasteiger partial charge >= 0.3 is 12.2 Å². The molecule has 0 heterocycles. The van der Waals surface area contributed by atoms with Gasteiger partial charge in [-0.2, -0.15) is 0 Å². The number of hydrogen-bond acceptors (Lipinski definition) is 6. The smallest absolute Gasteiger partial charge is 0.429 e. The molecule has 10 heteroatoms. The summed E-state index contributed by atoms with van der Waals surface area (Å²) in [6.45, 7) is 10.8. The van der Waals surface area contributed by atoms with Crippen LogP contribution in [0.2, 0.25) is 0 Å². The molecule has 2 rings (SSSR count). The number of nitrogens with zero attached hydrogens (tertiary/aromatic N) is 2. The fourth-order valence-electron chi connectivity index (χ4n) is 4.65. The molecule has 3 amide bonds. The Morgan fingerprint density at radius 2 is 1.00 bits per heavy atom. The number of amides is 3. The van der Waals surface area contributed by atoms with Crippen LogP contribution in [0.1, 0.15) is 92.9 Å². The molecule has 0 unspecified atom stereocenters. The van der Waals surface area contributed by atoms with Crippen molar-refractivity contribution >= 4 is 35.3 Å². The zero-order chi connectivity index (χ0) is 25.8. The van der Waals surface area contributed by atoms with Crippen molar-refractivity contribution in [2.75, 3.05) is 0 Å². The second-order valence-corrected chi connectivity index (χ2v) is 11.9. The summed E-state index contributed by atoms with van der Waals surface area (Å²) in [7, 11) is 0. The lowest BCUT2D eigenvalue weighted by atomic mass is 9.84. The molecule has 0 aliphatic heterocycles. The van der Waals surface area contributed by atoms with Crippen molar-refractivity contribution in [2.45, 2.75) is 116 Å². The van der Waals surface area contributed by atoms with Crippen molar-refractivity contribution in [1.82, 2.24) is 10.0 Å². The van der Waals surface area contributed by atoms with E-state index in [1.807, 2.05) is 0 Å². The average molecular weight is 499 g/mol. The first kappa shape index (κ1) is 28.1. The van der Waals surface area contributed by atoms with Crippen LogP contribution in [-0.2, 0) is 14.3 Å². The van der Waals surface area contributed by atoms with Gasteiger partial charge in [0.25, 0.3) is 0 Å². The van der Waals surface area contributed by atoms with Gasteiger partial charge in [0.2, 0.25) is 5.91 Å². The predicted molar refractivity (Wildman–Crippen MR) is 134 cm³/mol. The third kappa shape index (κ3) is 7.99. The van der Waals surface area contributed by atoms with Crippen molar-refractivity contribution < 1.29 is 23.9 Å². The normalized spacial score (nSPS) is 25.7. The second kappa shape index (κ2) is 11.1. The Labute approximate surface area is 208 Å². The van der Waals surface area contributed by atoms with Crippen LogP contribution in [0, 0.1) is 11.8 Å². The van der Waals surface area contributed by atoms with Crippen LogP contribution in [0.3, 0.4) is 0 Å². The summed E-state index contributed by atoms with van der Waals surface area (Å²) in [6, 6.07) is -0.576. The van der Waals surface area contributed by atoms with Gasteiger partial charge in [-0.05, 0) is 92.9 Å². The van der Waals surface area contributed by atoms with Crippen molar-refractivity contribution in [3.8, 4) is 0 Å². The fourth-order valence-corrected chi connectivity index (χ4v) is 4.89. The molecule has 2 saturated carbocycles. The molecule has 0 atom stereocenters. The molecule has 4 N–H and O–H groups in total. The number of rotatable bonds is 4. The molecule has 2 fully saturated rings. The predicted octanol–water partition coefficient (Wildman–Crippen LogP) is 4.26. The van der Waals surface area contributed by atoms with Gasteiger partial charge in [0.05, 0.1) is 17.1 Å². The van der Waals surface area contributed by atoms with Crippen LogP contribution in [0.4, 0.5) is 9.59 Å². The maximum absolute atomic E-state index is 13.5. The summed E-state index contributed by atoms with van der Waals surface area (Å²) in [5.74, 6) is -0.442. The van der Waals surface area contributed by atoms with Gasteiger partial charge in [0.15, 0.2) is 0 Å². The Balaban J connectivity index is 2.40. The molecule has 194 valence electrons. The van der Waals surface area contributed by atoms with Crippen molar-refractivity contribution in [3.05, 3.63) is 0 Å². The Bertz CT molecular complexity index is 696. The van der Waals surface area contributed by atoms with Gasteiger partial charge in [0.1, 0.15) is 11.2 Å². The second-order valence-electron chi connectivity index (χ2n) is 11.5. The van der Waals surface area contributed by atoms with Gasteiger partial charge in [-0.1, -0.05) is 12.2 Å². The van der Waals surface area contributed by atoms with E-state index >= 15 is 0 Å². The lowest BCUT2D eigenvalue weighted by Crippen LogP contribution is -2.61. The minimum Gasteiger partial charge on any atom is -0.442 e. The van der Waals surface area contributed by atoms with E-state index in [0.717, 1.165) is 12.8 Å². The molecule has 2 aliphatic rings. The Morgan fingerprint density at radius 1 is 0.676 bits per heavy atom. The van der Waals surface area contributed by atoms with E-state index < -0.39 is 23.4 Å². The number of primary amides is 1. The Kier molecular flexibility index (Phi) is 9.18. The van der Waals surface area contributed by atoms with Crippen LogP contribution in [0.5, 0.6) is 0 Å². The van der Waals surface area contributed by atoms with Crippen molar-refractivity contribution in [3.63, 3.8) is 0 Å². The first-order chi connectivity index (χ1) is 15.6. The van der Waals surface area contributed by atoms with Crippen LogP contribution >= 0.6 is 12.2 Å². The first-order valence-corrected chi connectivity index (χ1v) is 12.6. The van der Waals surface area contributed by atoms with E-state index in [9.17, 15) is 14.4 Å². The van der Waals surface area contributed by atoms with Gasteiger partial charge in [-0.15, -0.1) is 0 Å². The number of hydrazine groups is 1. The van der Waals surface area contributed by atoms with E-state index in [2.05, 4.69) is 0 Å². The SMILES string of the molecule is CC(C)(C)OC(=O)N(C1CCC(C(N)=O)CC1)N(C(=O)OC(C)(C)C)C1CCC(C(N)=S)CC1. The largest absolute Gasteiger partial charge is 0.442 e. The Hall–Kier alpha value is -2.10. The standard InChI is InChI=1S/C24H42N4O5S/c1-23(2,3)32-21(30)27(17-11-7-15(8-12-17)19(25)29)28(22(31)33-24(4,5)6)18-13-9-16(10-14-18)20(26)34/h15-18H,7-14H2,1-6H3,(H2,25,29)(H2,26,34). The van der Waals surface area contributed by atoms with Gasteiger partial charge in [0, 0.05) is 11.8 Å². The highest BCUT2D eigenvalue weighted by Gasteiger charge is 2.44. The molecule has 0 bridgehead atoms. The third-order valence-electron chi connectivity index (χ3n) is 6.28. The van der Waals surface area contributed by atoms with Gasteiger partial charge in [-0.25, -0.2) is 19.6 Å². The topological polar surface area (TPSA) is 128 Å². The van der Waals surface area contributed by atoms with Gasteiger partial charge < -0.3 is 20.9 Å². The summed E-state index contributed by atoms with van der Waals surface area (Å²) in [6.07, 6.45) is 3.72. The van der Waals surface area contributed by atoms with E-state index in [-0.39, 0.29) is 29.8 Å². The monoisotopic (exact) mass is 498 g/mol. The highest BCUT2D eigenvalue weighted by Crippen LogP contribution is 2.35. The highest BCUT2D eigenvalue weighted by atomic mass is 32.1. The van der Waals surface area contributed by atoms with Crippen molar-refractivity contribution in [1.29, 1.82) is 0 Å². The maximum Gasteiger partial charge on any atom is 0.429 e. The van der Waals surface area contributed by atoms with E-state index in [4.69, 9.17) is 33.2 Å². The van der Waals surface area contributed by atoms with Crippen LogP contribution in [0.25, 0.3) is 0 Å². The highest BCUT2D eigenvalue weighted by molar-refractivity contribution is 7.80. The van der Waals surface area contributed by atoms with E-state index in [0.29, 0.717) is 43.5 Å². The molecule has 9 nitrogen and oxygen atoms in total. The molecule has 34 heavy (non-hydrogen) atoms. The van der Waals surface area contributed by atoms with Crippen LogP contribution < -0.4 is 11.5 Å². The molecule has 2 aliphatic carbocycles. The number of thiocarbonyl (C=S) groups is 1. The number of carbonyl (C=O) groups excluding carboxylic acids is 3. The average Bonchev–Trinajstić information content (AvgIpc) is 2.69. The zero-order valence-corrected chi connectivity index (χ0v) is 22.3. The van der Waals surface area contributed by atoms with E-state index in [1.165, 1.54) is 10.0 Å².